The highest BCUT2D eigenvalue weighted by molar-refractivity contribution is 7.99. The third kappa shape index (κ3) is 5.54. The van der Waals surface area contributed by atoms with E-state index in [1.807, 2.05) is 0 Å². The normalized spacial score (nSPS) is 19.1. The summed E-state index contributed by atoms with van der Waals surface area (Å²) in [5.74, 6) is 2.77. The van der Waals surface area contributed by atoms with E-state index in [0.717, 1.165) is 37.6 Å². The van der Waals surface area contributed by atoms with Gasteiger partial charge in [0.05, 0.1) is 5.75 Å². The van der Waals surface area contributed by atoms with Gasteiger partial charge in [-0.25, -0.2) is 0 Å². The molecule has 126 valence electrons. The topological polar surface area (TPSA) is 32.3 Å². The number of nitrogens with zero attached hydrogens (tertiary/aromatic N) is 1. The Hall–Kier alpha value is -1.00. The van der Waals surface area contributed by atoms with E-state index < -0.39 is 0 Å². The minimum Gasteiger partial charge on any atom is -0.342 e. The number of nitrogens with one attached hydrogen (secondary N) is 1. The average molecular weight is 333 g/mol. The summed E-state index contributed by atoms with van der Waals surface area (Å²) in [4.78, 5) is 14.4. The predicted octanol–water partition coefficient (Wildman–Crippen LogP) is 3.22. The molecule has 1 aliphatic carbocycles. The van der Waals surface area contributed by atoms with Crippen molar-refractivity contribution in [3.05, 3.63) is 35.4 Å². The van der Waals surface area contributed by atoms with Gasteiger partial charge in [-0.3, -0.25) is 4.79 Å². The van der Waals surface area contributed by atoms with Crippen molar-refractivity contribution < 1.29 is 4.79 Å². The summed E-state index contributed by atoms with van der Waals surface area (Å²) in [5.41, 5.74) is 2.60. The Labute approximate surface area is 144 Å². The first kappa shape index (κ1) is 16.8. The molecule has 1 aromatic carbocycles. The highest BCUT2D eigenvalue weighted by Gasteiger charge is 2.25. The van der Waals surface area contributed by atoms with E-state index in [1.165, 1.54) is 30.5 Å². The van der Waals surface area contributed by atoms with Crippen molar-refractivity contribution in [1.82, 2.24) is 10.2 Å². The van der Waals surface area contributed by atoms with Gasteiger partial charge >= 0.3 is 0 Å². The molecule has 1 saturated heterocycles. The van der Waals surface area contributed by atoms with E-state index in [1.54, 1.807) is 11.8 Å². The minimum absolute atomic E-state index is 0.309. The molecule has 1 amide bonds. The van der Waals surface area contributed by atoms with E-state index in [4.69, 9.17) is 0 Å². The van der Waals surface area contributed by atoms with Crippen molar-refractivity contribution in [3.63, 3.8) is 0 Å². The SMILES string of the molecule is Cc1cccc(CSCC(=O)N2CCC(NCC3CC3)CC2)c1. The highest BCUT2D eigenvalue weighted by Crippen LogP contribution is 2.28. The maximum Gasteiger partial charge on any atom is 0.232 e. The molecule has 0 aromatic heterocycles. The smallest absolute Gasteiger partial charge is 0.232 e. The second kappa shape index (κ2) is 8.20. The number of benzene rings is 1. The Kier molecular flexibility index (Phi) is 6.01. The molecule has 1 aliphatic heterocycles. The van der Waals surface area contributed by atoms with Gasteiger partial charge in [0.25, 0.3) is 0 Å². The molecule has 2 aliphatic rings. The predicted molar refractivity (Wildman–Crippen MR) is 97.7 cm³/mol. The Balaban J connectivity index is 1.32. The lowest BCUT2D eigenvalue weighted by molar-refractivity contribution is -0.129. The average Bonchev–Trinajstić information content (AvgIpc) is 3.38. The monoisotopic (exact) mass is 332 g/mol. The molecule has 3 nitrogen and oxygen atoms in total. The van der Waals surface area contributed by atoms with Gasteiger partial charge in [0.2, 0.25) is 5.91 Å². The van der Waals surface area contributed by atoms with Gasteiger partial charge in [-0.05, 0) is 50.6 Å². The zero-order valence-electron chi connectivity index (χ0n) is 14.1. The number of likely N-dealkylation sites (tertiary alicyclic amines) is 1. The number of thioether (sulfide) groups is 1. The van der Waals surface area contributed by atoms with Crippen molar-refractivity contribution >= 4 is 17.7 Å². The standard InChI is InChI=1S/C19H28N2OS/c1-15-3-2-4-17(11-15)13-23-14-19(22)21-9-7-18(8-10-21)20-12-16-5-6-16/h2-4,11,16,18,20H,5-10,12-14H2,1H3. The van der Waals surface area contributed by atoms with Crippen LogP contribution in [0.5, 0.6) is 0 Å². The fourth-order valence-corrected chi connectivity index (χ4v) is 4.01. The molecule has 1 heterocycles. The van der Waals surface area contributed by atoms with E-state index in [2.05, 4.69) is 41.4 Å². The van der Waals surface area contributed by atoms with Crippen LogP contribution in [0.15, 0.2) is 24.3 Å². The molecule has 0 spiro atoms. The van der Waals surface area contributed by atoms with Crippen LogP contribution in [-0.4, -0.2) is 42.2 Å². The second-order valence-corrected chi connectivity index (χ2v) is 7.97. The van der Waals surface area contributed by atoms with Crippen LogP contribution in [0.4, 0.5) is 0 Å². The summed E-state index contributed by atoms with van der Waals surface area (Å²) < 4.78 is 0. The first-order valence-electron chi connectivity index (χ1n) is 8.85. The van der Waals surface area contributed by atoms with Crippen LogP contribution in [0.3, 0.4) is 0 Å². The van der Waals surface area contributed by atoms with E-state index >= 15 is 0 Å². The summed E-state index contributed by atoms with van der Waals surface area (Å²) in [6, 6.07) is 9.17. The van der Waals surface area contributed by atoms with Crippen LogP contribution in [0.1, 0.15) is 36.8 Å². The third-order valence-corrected chi connectivity index (χ3v) is 5.81. The molecule has 1 saturated carbocycles. The lowest BCUT2D eigenvalue weighted by Crippen LogP contribution is -2.45. The second-order valence-electron chi connectivity index (χ2n) is 6.99. The molecule has 0 unspecified atom stereocenters. The molecule has 4 heteroatoms. The summed E-state index contributed by atoms with van der Waals surface area (Å²) in [6.07, 6.45) is 5.03. The number of hydrogen-bond acceptors (Lipinski definition) is 3. The fraction of sp³-hybridized carbons (Fsp3) is 0.632. The van der Waals surface area contributed by atoms with Crippen molar-refractivity contribution in [3.8, 4) is 0 Å². The third-order valence-electron chi connectivity index (χ3n) is 4.82. The molecular formula is C19H28N2OS. The highest BCUT2D eigenvalue weighted by atomic mass is 32.2. The van der Waals surface area contributed by atoms with E-state index in [0.29, 0.717) is 17.7 Å². The molecule has 1 N–H and O–H groups in total. The maximum atomic E-state index is 12.3. The Bertz CT molecular complexity index is 522. The number of aryl methyl sites for hydroxylation is 1. The first-order valence-corrected chi connectivity index (χ1v) is 10.0. The van der Waals surface area contributed by atoms with Crippen LogP contribution in [-0.2, 0) is 10.5 Å². The van der Waals surface area contributed by atoms with Gasteiger partial charge in [-0.1, -0.05) is 29.8 Å². The van der Waals surface area contributed by atoms with Crippen LogP contribution in [0.25, 0.3) is 0 Å². The zero-order chi connectivity index (χ0) is 16.1. The molecule has 1 aromatic rings. The van der Waals surface area contributed by atoms with Gasteiger partial charge < -0.3 is 10.2 Å². The van der Waals surface area contributed by atoms with Gasteiger partial charge in [0, 0.05) is 24.9 Å². The van der Waals surface area contributed by atoms with Gasteiger partial charge in [-0.15, -0.1) is 11.8 Å². The van der Waals surface area contributed by atoms with Gasteiger partial charge in [0.15, 0.2) is 0 Å². The van der Waals surface area contributed by atoms with Gasteiger partial charge in [-0.2, -0.15) is 0 Å². The summed E-state index contributed by atoms with van der Waals surface area (Å²) in [7, 11) is 0. The zero-order valence-corrected chi connectivity index (χ0v) is 14.9. The van der Waals surface area contributed by atoms with Crippen LogP contribution in [0.2, 0.25) is 0 Å². The number of amides is 1. The molecule has 3 rings (SSSR count). The maximum absolute atomic E-state index is 12.3. The van der Waals surface area contributed by atoms with Crippen LogP contribution < -0.4 is 5.32 Å². The lowest BCUT2D eigenvalue weighted by Gasteiger charge is -2.32. The summed E-state index contributed by atoms with van der Waals surface area (Å²) >= 11 is 1.73. The minimum atomic E-state index is 0.309. The number of piperidine rings is 1. The van der Waals surface area contributed by atoms with Crippen molar-refractivity contribution in [1.29, 1.82) is 0 Å². The summed E-state index contributed by atoms with van der Waals surface area (Å²) in [5, 5.41) is 3.67. The summed E-state index contributed by atoms with van der Waals surface area (Å²) in [6.45, 7) is 5.14. The lowest BCUT2D eigenvalue weighted by atomic mass is 10.0. The van der Waals surface area contributed by atoms with Crippen molar-refractivity contribution in [2.45, 2.75) is 44.4 Å². The quantitative estimate of drug-likeness (QED) is 0.832. The molecule has 2 fully saturated rings. The molecule has 23 heavy (non-hydrogen) atoms. The fourth-order valence-electron chi connectivity index (χ4n) is 3.14. The largest absolute Gasteiger partial charge is 0.342 e. The Morgan fingerprint density at radius 2 is 2.04 bits per heavy atom. The molecule has 0 atom stereocenters. The Morgan fingerprint density at radius 3 is 2.74 bits per heavy atom. The van der Waals surface area contributed by atoms with Crippen molar-refractivity contribution in [2.24, 2.45) is 5.92 Å². The van der Waals surface area contributed by atoms with Gasteiger partial charge in [0.1, 0.15) is 0 Å². The number of carbonyl (C=O) groups is 1. The van der Waals surface area contributed by atoms with Crippen molar-refractivity contribution in [2.75, 3.05) is 25.4 Å². The van der Waals surface area contributed by atoms with Crippen LogP contribution in [0, 0.1) is 12.8 Å². The molecular weight excluding hydrogens is 304 g/mol. The van der Waals surface area contributed by atoms with E-state index in [9.17, 15) is 4.79 Å². The molecule has 0 radical (unpaired) electrons. The molecule has 0 bridgehead atoms. The van der Waals surface area contributed by atoms with Crippen LogP contribution >= 0.6 is 11.8 Å². The van der Waals surface area contributed by atoms with E-state index in [-0.39, 0.29) is 0 Å². The number of rotatable bonds is 7. The number of carbonyl (C=O) groups excluding carboxylic acids is 1. The number of hydrogen-bond donors (Lipinski definition) is 1. The Morgan fingerprint density at radius 1 is 1.26 bits per heavy atom. The first-order chi connectivity index (χ1) is 11.2.